The molecule has 1 heterocycles. The number of hydrogen-bond donors (Lipinski definition) is 1. The van der Waals surface area contributed by atoms with Gasteiger partial charge in [0.05, 0.1) is 6.10 Å². The Bertz CT molecular complexity index is 462. The summed E-state index contributed by atoms with van der Waals surface area (Å²) in [6.45, 7) is 0. The maximum atomic E-state index is 9.97. The second-order valence-electron chi connectivity index (χ2n) is 3.52. The molecule has 0 aliphatic carbocycles. The molecule has 4 heteroatoms. The van der Waals surface area contributed by atoms with Crippen LogP contribution in [0.25, 0.3) is 0 Å². The van der Waals surface area contributed by atoms with Crippen LogP contribution in [0.1, 0.15) is 17.2 Å². The number of rotatable bonds is 3. The van der Waals surface area contributed by atoms with Gasteiger partial charge in [0.1, 0.15) is 6.33 Å². The summed E-state index contributed by atoms with van der Waals surface area (Å²) >= 11 is 3.40. The fraction of sp³-hybridized carbons (Fsp3) is 0.167. The number of aliphatic hydroxyl groups is 1. The first-order valence-corrected chi connectivity index (χ1v) is 5.72. The van der Waals surface area contributed by atoms with Gasteiger partial charge < -0.3 is 5.11 Å². The zero-order chi connectivity index (χ0) is 11.4. The van der Waals surface area contributed by atoms with E-state index in [0.717, 1.165) is 15.6 Å². The Morgan fingerprint density at radius 1 is 1.25 bits per heavy atom. The summed E-state index contributed by atoms with van der Waals surface area (Å²) in [6, 6.07) is 7.89. The SMILES string of the molecule is OC(Cc1cccc(Br)c1)c1cncnc1. The van der Waals surface area contributed by atoms with E-state index >= 15 is 0 Å². The molecule has 0 saturated heterocycles. The van der Waals surface area contributed by atoms with E-state index in [9.17, 15) is 5.11 Å². The van der Waals surface area contributed by atoms with Gasteiger partial charge in [-0.1, -0.05) is 28.1 Å². The highest BCUT2D eigenvalue weighted by Gasteiger charge is 2.08. The minimum atomic E-state index is -0.560. The van der Waals surface area contributed by atoms with Crippen molar-refractivity contribution in [2.75, 3.05) is 0 Å². The Hall–Kier alpha value is -1.26. The molecule has 1 aromatic carbocycles. The molecule has 1 atom stereocenters. The molecular formula is C12H11BrN2O. The first-order chi connectivity index (χ1) is 7.75. The molecule has 3 nitrogen and oxygen atoms in total. The molecule has 0 spiro atoms. The third-order valence-electron chi connectivity index (χ3n) is 2.28. The summed E-state index contributed by atoms with van der Waals surface area (Å²) in [4.78, 5) is 7.77. The van der Waals surface area contributed by atoms with E-state index in [1.165, 1.54) is 6.33 Å². The molecule has 0 amide bonds. The Morgan fingerprint density at radius 3 is 2.69 bits per heavy atom. The molecule has 1 N–H and O–H groups in total. The first-order valence-electron chi connectivity index (χ1n) is 4.93. The minimum absolute atomic E-state index is 0.560. The lowest BCUT2D eigenvalue weighted by atomic mass is 10.0. The lowest BCUT2D eigenvalue weighted by molar-refractivity contribution is 0.177. The van der Waals surface area contributed by atoms with Crippen molar-refractivity contribution < 1.29 is 5.11 Å². The average Bonchev–Trinajstić information content (AvgIpc) is 2.30. The zero-order valence-corrected chi connectivity index (χ0v) is 10.1. The van der Waals surface area contributed by atoms with Gasteiger partial charge in [-0.3, -0.25) is 0 Å². The summed E-state index contributed by atoms with van der Waals surface area (Å²) in [5, 5.41) is 9.97. The summed E-state index contributed by atoms with van der Waals surface area (Å²) < 4.78 is 1.02. The number of benzene rings is 1. The highest BCUT2D eigenvalue weighted by Crippen LogP contribution is 2.19. The van der Waals surface area contributed by atoms with Crippen LogP contribution in [0.15, 0.2) is 47.5 Å². The van der Waals surface area contributed by atoms with Crippen LogP contribution in [0.5, 0.6) is 0 Å². The van der Waals surface area contributed by atoms with Crippen molar-refractivity contribution >= 4 is 15.9 Å². The first kappa shape index (κ1) is 11.2. The number of halogens is 1. The summed E-state index contributed by atoms with van der Waals surface area (Å²) in [6.07, 6.45) is 4.73. The second-order valence-corrected chi connectivity index (χ2v) is 4.44. The molecule has 1 unspecified atom stereocenters. The standard InChI is InChI=1S/C12H11BrN2O/c13-11-3-1-2-9(4-11)5-12(16)10-6-14-8-15-7-10/h1-4,6-8,12,16H,5H2. The van der Waals surface area contributed by atoms with Crippen LogP contribution in [-0.4, -0.2) is 15.1 Å². The summed E-state index contributed by atoms with van der Waals surface area (Å²) in [5.74, 6) is 0. The number of aliphatic hydroxyl groups excluding tert-OH is 1. The highest BCUT2D eigenvalue weighted by atomic mass is 79.9. The number of aromatic nitrogens is 2. The van der Waals surface area contributed by atoms with Crippen LogP contribution in [0.4, 0.5) is 0 Å². The van der Waals surface area contributed by atoms with Crippen LogP contribution in [0.3, 0.4) is 0 Å². The molecule has 0 aliphatic heterocycles. The van der Waals surface area contributed by atoms with Crippen molar-refractivity contribution in [2.24, 2.45) is 0 Å². The van der Waals surface area contributed by atoms with E-state index in [0.29, 0.717) is 6.42 Å². The topological polar surface area (TPSA) is 46.0 Å². The van der Waals surface area contributed by atoms with Crippen molar-refractivity contribution in [3.63, 3.8) is 0 Å². The average molecular weight is 279 g/mol. The van der Waals surface area contributed by atoms with Crippen molar-refractivity contribution in [1.29, 1.82) is 0 Å². The van der Waals surface area contributed by atoms with Crippen LogP contribution >= 0.6 is 15.9 Å². The van der Waals surface area contributed by atoms with Crippen molar-refractivity contribution in [2.45, 2.75) is 12.5 Å². The molecule has 2 rings (SSSR count). The van der Waals surface area contributed by atoms with E-state index in [1.54, 1.807) is 12.4 Å². The predicted molar refractivity (Wildman–Crippen MR) is 64.8 cm³/mol. The van der Waals surface area contributed by atoms with Crippen LogP contribution in [0, 0.1) is 0 Å². The van der Waals surface area contributed by atoms with E-state index in [1.807, 2.05) is 24.3 Å². The van der Waals surface area contributed by atoms with Gasteiger partial charge >= 0.3 is 0 Å². The lowest BCUT2D eigenvalue weighted by Crippen LogP contribution is -2.02. The van der Waals surface area contributed by atoms with Crippen LogP contribution < -0.4 is 0 Å². The zero-order valence-electron chi connectivity index (χ0n) is 8.55. The van der Waals surface area contributed by atoms with Crippen LogP contribution in [0.2, 0.25) is 0 Å². The van der Waals surface area contributed by atoms with Gasteiger partial charge in [-0.2, -0.15) is 0 Å². The number of hydrogen-bond acceptors (Lipinski definition) is 3. The second kappa shape index (κ2) is 5.18. The fourth-order valence-electron chi connectivity index (χ4n) is 1.49. The van der Waals surface area contributed by atoms with E-state index in [-0.39, 0.29) is 0 Å². The van der Waals surface area contributed by atoms with Gasteiger partial charge in [0.15, 0.2) is 0 Å². The largest absolute Gasteiger partial charge is 0.388 e. The predicted octanol–water partition coefficient (Wildman–Crippen LogP) is 2.52. The summed E-state index contributed by atoms with van der Waals surface area (Å²) in [5.41, 5.74) is 1.81. The molecule has 0 fully saturated rings. The molecule has 1 aromatic heterocycles. The van der Waals surface area contributed by atoms with E-state index < -0.39 is 6.10 Å². The molecule has 2 aromatic rings. The lowest BCUT2D eigenvalue weighted by Gasteiger charge is -2.10. The minimum Gasteiger partial charge on any atom is -0.388 e. The van der Waals surface area contributed by atoms with Gasteiger partial charge in [0.25, 0.3) is 0 Å². The highest BCUT2D eigenvalue weighted by molar-refractivity contribution is 9.10. The van der Waals surface area contributed by atoms with Crippen molar-refractivity contribution in [3.05, 3.63) is 58.6 Å². The van der Waals surface area contributed by atoms with Gasteiger partial charge in [-0.25, -0.2) is 9.97 Å². The van der Waals surface area contributed by atoms with Crippen LogP contribution in [-0.2, 0) is 6.42 Å². The summed E-state index contributed by atoms with van der Waals surface area (Å²) in [7, 11) is 0. The number of nitrogens with zero attached hydrogens (tertiary/aromatic N) is 2. The maximum absolute atomic E-state index is 9.97. The smallest absolute Gasteiger partial charge is 0.115 e. The quantitative estimate of drug-likeness (QED) is 0.939. The fourth-order valence-corrected chi connectivity index (χ4v) is 1.93. The molecule has 0 saturated carbocycles. The normalized spacial score (nSPS) is 12.4. The van der Waals surface area contributed by atoms with Gasteiger partial charge in [-0.05, 0) is 17.7 Å². The Kier molecular flexibility index (Phi) is 3.64. The van der Waals surface area contributed by atoms with Gasteiger partial charge in [-0.15, -0.1) is 0 Å². The molecule has 82 valence electrons. The van der Waals surface area contributed by atoms with Crippen molar-refractivity contribution in [1.82, 2.24) is 9.97 Å². The monoisotopic (exact) mass is 278 g/mol. The maximum Gasteiger partial charge on any atom is 0.115 e. The van der Waals surface area contributed by atoms with E-state index in [4.69, 9.17) is 0 Å². The third kappa shape index (κ3) is 2.87. The molecule has 0 aliphatic rings. The Morgan fingerprint density at radius 2 is 2.00 bits per heavy atom. The molecule has 0 radical (unpaired) electrons. The molecule has 0 bridgehead atoms. The van der Waals surface area contributed by atoms with Gasteiger partial charge in [0, 0.05) is 28.9 Å². The Balaban J connectivity index is 2.11. The van der Waals surface area contributed by atoms with Gasteiger partial charge in [0.2, 0.25) is 0 Å². The van der Waals surface area contributed by atoms with Crippen molar-refractivity contribution in [3.8, 4) is 0 Å². The molecule has 16 heavy (non-hydrogen) atoms. The molecular weight excluding hydrogens is 268 g/mol. The Labute approximate surface area is 102 Å². The van der Waals surface area contributed by atoms with E-state index in [2.05, 4.69) is 25.9 Å². The third-order valence-corrected chi connectivity index (χ3v) is 2.78.